The van der Waals surface area contributed by atoms with Gasteiger partial charge in [-0.25, -0.2) is 4.79 Å². The number of benzene rings is 1. The fraction of sp³-hybridized carbons (Fsp3) is 0.200. The van der Waals surface area contributed by atoms with Crippen molar-refractivity contribution >= 4 is 5.97 Å². The van der Waals surface area contributed by atoms with Crippen LogP contribution in [0.2, 0.25) is 0 Å². The second-order valence-corrected chi connectivity index (χ2v) is 4.28. The minimum Gasteiger partial charge on any atom is -0.487 e. The maximum absolute atomic E-state index is 10.7. The van der Waals surface area contributed by atoms with Crippen LogP contribution in [0.1, 0.15) is 11.3 Å². The zero-order valence-corrected chi connectivity index (χ0v) is 10.8. The molecule has 0 amide bonds. The van der Waals surface area contributed by atoms with Crippen LogP contribution in [0.5, 0.6) is 5.75 Å². The summed E-state index contributed by atoms with van der Waals surface area (Å²) in [5, 5.41) is 18.2. The molecule has 0 radical (unpaired) electrons. The summed E-state index contributed by atoms with van der Waals surface area (Å²) in [6.07, 6.45) is 0.251. The van der Waals surface area contributed by atoms with E-state index in [0.29, 0.717) is 17.9 Å². The summed E-state index contributed by atoms with van der Waals surface area (Å²) < 4.78 is 5.64. The van der Waals surface area contributed by atoms with Gasteiger partial charge in [0.25, 0.3) is 0 Å². The molecular formula is C15H15NO4. The van der Waals surface area contributed by atoms with E-state index in [4.69, 9.17) is 9.84 Å². The SMILES string of the molecule is O=C(O)[C@H](O)Cc1ccccc1OCc1ccccn1. The van der Waals surface area contributed by atoms with Gasteiger partial charge < -0.3 is 14.9 Å². The van der Waals surface area contributed by atoms with Crippen molar-refractivity contribution in [3.8, 4) is 5.75 Å². The Hall–Kier alpha value is -2.40. The van der Waals surface area contributed by atoms with E-state index in [-0.39, 0.29) is 6.42 Å². The van der Waals surface area contributed by atoms with Crippen molar-refractivity contribution in [2.45, 2.75) is 19.1 Å². The Kier molecular flexibility index (Phi) is 4.68. The number of ether oxygens (including phenoxy) is 1. The molecule has 0 aliphatic heterocycles. The number of carboxylic acids is 1. The number of para-hydroxylation sites is 1. The molecule has 1 heterocycles. The Bertz CT molecular complexity index is 571. The van der Waals surface area contributed by atoms with Crippen LogP contribution < -0.4 is 4.74 Å². The van der Waals surface area contributed by atoms with E-state index >= 15 is 0 Å². The molecule has 5 heteroatoms. The van der Waals surface area contributed by atoms with E-state index in [1.807, 2.05) is 18.2 Å². The predicted octanol–water partition coefficient (Wildman–Crippen LogP) is 1.65. The van der Waals surface area contributed by atoms with Gasteiger partial charge in [-0.2, -0.15) is 0 Å². The highest BCUT2D eigenvalue weighted by molar-refractivity contribution is 5.72. The van der Waals surface area contributed by atoms with Crippen LogP contribution in [-0.4, -0.2) is 27.3 Å². The zero-order chi connectivity index (χ0) is 14.4. The molecule has 0 fully saturated rings. The molecule has 104 valence electrons. The van der Waals surface area contributed by atoms with Gasteiger partial charge in [0.15, 0.2) is 6.10 Å². The number of carbonyl (C=O) groups is 1. The fourth-order valence-corrected chi connectivity index (χ4v) is 1.74. The normalized spacial score (nSPS) is 11.8. The molecule has 0 aliphatic carbocycles. The predicted molar refractivity (Wildman–Crippen MR) is 72.4 cm³/mol. The van der Waals surface area contributed by atoms with Crippen molar-refractivity contribution in [1.82, 2.24) is 4.98 Å². The lowest BCUT2D eigenvalue weighted by atomic mass is 10.1. The number of aliphatic hydroxyl groups excluding tert-OH is 1. The number of pyridine rings is 1. The van der Waals surface area contributed by atoms with Crippen LogP contribution >= 0.6 is 0 Å². The van der Waals surface area contributed by atoms with E-state index in [0.717, 1.165) is 5.69 Å². The molecule has 1 aromatic heterocycles. The van der Waals surface area contributed by atoms with Crippen LogP contribution in [0.4, 0.5) is 0 Å². The Balaban J connectivity index is 2.06. The number of carboxylic acid groups (broad SMARTS) is 1. The number of aliphatic carboxylic acids is 1. The molecule has 0 aliphatic rings. The summed E-state index contributed by atoms with van der Waals surface area (Å²) in [7, 11) is 0. The van der Waals surface area contributed by atoms with Gasteiger partial charge >= 0.3 is 5.97 Å². The molecule has 2 rings (SSSR count). The third-order valence-electron chi connectivity index (χ3n) is 2.77. The maximum Gasteiger partial charge on any atom is 0.332 e. The summed E-state index contributed by atoms with van der Waals surface area (Å²) in [5.74, 6) is -0.692. The molecule has 2 aromatic rings. The minimum absolute atomic E-state index is 0.00766. The molecule has 1 atom stereocenters. The Morgan fingerprint density at radius 2 is 1.95 bits per heavy atom. The van der Waals surface area contributed by atoms with Gasteiger partial charge in [0, 0.05) is 12.6 Å². The van der Waals surface area contributed by atoms with Crippen LogP contribution in [0.3, 0.4) is 0 Å². The summed E-state index contributed by atoms with van der Waals surface area (Å²) in [6, 6.07) is 12.6. The smallest absolute Gasteiger partial charge is 0.332 e. The van der Waals surface area contributed by atoms with Crippen molar-refractivity contribution in [2.75, 3.05) is 0 Å². The zero-order valence-electron chi connectivity index (χ0n) is 10.8. The number of hydrogen-bond acceptors (Lipinski definition) is 4. The second-order valence-electron chi connectivity index (χ2n) is 4.28. The first-order chi connectivity index (χ1) is 9.66. The summed E-state index contributed by atoms with van der Waals surface area (Å²) in [4.78, 5) is 14.8. The Labute approximate surface area is 116 Å². The van der Waals surface area contributed by atoms with Crippen molar-refractivity contribution in [2.24, 2.45) is 0 Å². The number of nitrogens with zero attached hydrogens (tertiary/aromatic N) is 1. The van der Waals surface area contributed by atoms with Gasteiger partial charge in [0.1, 0.15) is 12.4 Å². The molecule has 0 spiro atoms. The number of hydrogen-bond donors (Lipinski definition) is 2. The molecule has 0 saturated heterocycles. The summed E-state index contributed by atoms with van der Waals surface area (Å²) in [6.45, 7) is 0.293. The van der Waals surface area contributed by atoms with E-state index in [1.54, 1.807) is 30.5 Å². The molecule has 20 heavy (non-hydrogen) atoms. The van der Waals surface area contributed by atoms with Crippen molar-refractivity contribution < 1.29 is 19.7 Å². The lowest BCUT2D eigenvalue weighted by Crippen LogP contribution is -2.22. The van der Waals surface area contributed by atoms with Gasteiger partial charge in [-0.15, -0.1) is 0 Å². The van der Waals surface area contributed by atoms with Crippen molar-refractivity contribution in [1.29, 1.82) is 0 Å². The molecule has 1 aromatic carbocycles. The lowest BCUT2D eigenvalue weighted by Gasteiger charge is -2.12. The largest absolute Gasteiger partial charge is 0.487 e. The monoisotopic (exact) mass is 273 g/mol. The Morgan fingerprint density at radius 1 is 1.20 bits per heavy atom. The van der Waals surface area contributed by atoms with E-state index in [9.17, 15) is 9.90 Å². The number of aromatic nitrogens is 1. The maximum atomic E-state index is 10.7. The van der Waals surface area contributed by atoms with Gasteiger partial charge in [-0.1, -0.05) is 24.3 Å². The third kappa shape index (κ3) is 3.80. The van der Waals surface area contributed by atoms with Crippen molar-refractivity contribution in [3.63, 3.8) is 0 Å². The summed E-state index contributed by atoms with van der Waals surface area (Å²) >= 11 is 0. The van der Waals surface area contributed by atoms with E-state index < -0.39 is 12.1 Å². The molecule has 0 bridgehead atoms. The topological polar surface area (TPSA) is 79.7 Å². The first-order valence-electron chi connectivity index (χ1n) is 6.18. The van der Waals surface area contributed by atoms with Gasteiger partial charge in [0.05, 0.1) is 5.69 Å². The molecule has 5 nitrogen and oxygen atoms in total. The van der Waals surface area contributed by atoms with Crippen LogP contribution in [-0.2, 0) is 17.8 Å². The lowest BCUT2D eigenvalue weighted by molar-refractivity contribution is -0.146. The van der Waals surface area contributed by atoms with Crippen LogP contribution in [0.25, 0.3) is 0 Å². The molecule has 0 unspecified atom stereocenters. The van der Waals surface area contributed by atoms with Gasteiger partial charge in [-0.05, 0) is 23.8 Å². The Morgan fingerprint density at radius 3 is 2.65 bits per heavy atom. The standard InChI is InChI=1S/C15H15NO4/c17-13(15(18)19)9-11-5-1-2-7-14(11)20-10-12-6-3-4-8-16-12/h1-8,13,17H,9-10H2,(H,18,19)/t13-/m1/s1. The quantitative estimate of drug-likeness (QED) is 0.836. The third-order valence-corrected chi connectivity index (χ3v) is 2.77. The minimum atomic E-state index is -1.44. The summed E-state index contributed by atoms with van der Waals surface area (Å²) in [5.41, 5.74) is 1.43. The molecule has 0 saturated carbocycles. The van der Waals surface area contributed by atoms with Gasteiger partial charge in [0.2, 0.25) is 0 Å². The van der Waals surface area contributed by atoms with Crippen LogP contribution in [0, 0.1) is 0 Å². The van der Waals surface area contributed by atoms with Crippen molar-refractivity contribution in [3.05, 3.63) is 59.9 Å². The number of rotatable bonds is 6. The fourth-order valence-electron chi connectivity index (χ4n) is 1.74. The first-order valence-corrected chi connectivity index (χ1v) is 6.18. The van der Waals surface area contributed by atoms with E-state index in [1.165, 1.54) is 0 Å². The van der Waals surface area contributed by atoms with Gasteiger partial charge in [-0.3, -0.25) is 4.98 Å². The average molecular weight is 273 g/mol. The molecule has 2 N–H and O–H groups in total. The first kappa shape index (κ1) is 14.0. The number of aliphatic hydroxyl groups is 1. The highest BCUT2D eigenvalue weighted by Gasteiger charge is 2.16. The molecular weight excluding hydrogens is 258 g/mol. The van der Waals surface area contributed by atoms with E-state index in [2.05, 4.69) is 4.98 Å². The average Bonchev–Trinajstić information content (AvgIpc) is 2.47. The van der Waals surface area contributed by atoms with Crippen LogP contribution in [0.15, 0.2) is 48.7 Å². The highest BCUT2D eigenvalue weighted by Crippen LogP contribution is 2.20. The highest BCUT2D eigenvalue weighted by atomic mass is 16.5. The second kappa shape index (κ2) is 6.68.